The van der Waals surface area contributed by atoms with E-state index in [1.54, 1.807) is 0 Å². The first-order valence-electron chi connectivity index (χ1n) is 9.81. The second-order valence-corrected chi connectivity index (χ2v) is 8.03. The molecule has 5 rings (SSSR count). The Kier molecular flexibility index (Phi) is 4.02. The number of nitrogens with zero attached hydrogens (tertiary/aromatic N) is 2. The number of ether oxygens (including phenoxy) is 2. The van der Waals surface area contributed by atoms with Crippen LogP contribution >= 0.6 is 0 Å². The number of aromatic nitrogens is 1. The molecule has 0 radical (unpaired) electrons. The van der Waals surface area contributed by atoms with Crippen molar-refractivity contribution in [1.82, 2.24) is 9.47 Å². The molecule has 5 nitrogen and oxygen atoms in total. The Balaban J connectivity index is 1.41. The van der Waals surface area contributed by atoms with Crippen molar-refractivity contribution in [2.24, 2.45) is 0 Å². The number of para-hydroxylation sites is 1. The van der Waals surface area contributed by atoms with E-state index in [0.717, 1.165) is 36.8 Å². The largest absolute Gasteiger partial charge is 0.459 e. The molecule has 0 aliphatic carbocycles. The molecule has 3 aliphatic heterocycles. The monoisotopic (exact) mass is 354 g/mol. The highest BCUT2D eigenvalue weighted by molar-refractivity contribution is 6.04. The SMILES string of the molecule is CN1[C@@H]2CC[C@H]1C[C@@H](OC(=O)c1cn([C@H]3CCOC3)c3ccccc13)C2. The first-order valence-corrected chi connectivity index (χ1v) is 9.81. The van der Waals surface area contributed by atoms with Crippen LogP contribution < -0.4 is 0 Å². The third kappa shape index (κ3) is 2.65. The molecule has 2 aromatic rings. The quantitative estimate of drug-likeness (QED) is 0.793. The van der Waals surface area contributed by atoms with Crippen molar-refractivity contribution in [3.05, 3.63) is 36.0 Å². The maximum Gasteiger partial charge on any atom is 0.340 e. The Morgan fingerprint density at radius 3 is 2.62 bits per heavy atom. The average molecular weight is 354 g/mol. The number of rotatable bonds is 3. The van der Waals surface area contributed by atoms with Gasteiger partial charge in [0.1, 0.15) is 6.10 Å². The molecular formula is C21H26N2O3. The van der Waals surface area contributed by atoms with E-state index in [0.29, 0.717) is 30.3 Å². The zero-order valence-corrected chi connectivity index (χ0v) is 15.3. The third-order valence-corrected chi connectivity index (χ3v) is 6.59. The first-order chi connectivity index (χ1) is 12.7. The molecule has 1 aromatic carbocycles. The van der Waals surface area contributed by atoms with Crippen molar-refractivity contribution >= 4 is 16.9 Å². The summed E-state index contributed by atoms with van der Waals surface area (Å²) in [5, 5.41) is 0.986. The Labute approximate surface area is 153 Å². The Morgan fingerprint density at radius 1 is 1.12 bits per heavy atom. The van der Waals surface area contributed by atoms with E-state index < -0.39 is 0 Å². The fourth-order valence-corrected chi connectivity index (χ4v) is 5.08. The maximum atomic E-state index is 13.0. The summed E-state index contributed by atoms with van der Waals surface area (Å²) in [6.45, 7) is 1.50. The normalized spacial score (nSPS) is 31.6. The van der Waals surface area contributed by atoms with E-state index in [9.17, 15) is 4.79 Å². The summed E-state index contributed by atoms with van der Waals surface area (Å²) in [4.78, 5) is 15.5. The first kappa shape index (κ1) is 16.3. The second kappa shape index (κ2) is 6.39. The van der Waals surface area contributed by atoms with Crippen LogP contribution in [0.1, 0.15) is 48.5 Å². The van der Waals surface area contributed by atoms with Gasteiger partial charge < -0.3 is 18.9 Å². The summed E-state index contributed by atoms with van der Waals surface area (Å²) < 4.78 is 13.7. The van der Waals surface area contributed by atoms with Gasteiger partial charge in [0.25, 0.3) is 0 Å². The van der Waals surface area contributed by atoms with Gasteiger partial charge in [-0.15, -0.1) is 0 Å². The number of benzene rings is 1. The second-order valence-electron chi connectivity index (χ2n) is 8.03. The number of hydrogen-bond donors (Lipinski definition) is 0. The minimum atomic E-state index is -0.173. The number of piperidine rings is 1. The topological polar surface area (TPSA) is 43.7 Å². The van der Waals surface area contributed by atoms with Crippen LogP contribution in [0.25, 0.3) is 10.9 Å². The van der Waals surface area contributed by atoms with Crippen LogP contribution in [-0.4, -0.2) is 53.9 Å². The summed E-state index contributed by atoms with van der Waals surface area (Å²) in [7, 11) is 2.21. The molecule has 4 heterocycles. The predicted molar refractivity (Wildman–Crippen MR) is 99.4 cm³/mol. The van der Waals surface area contributed by atoms with Crippen LogP contribution in [-0.2, 0) is 9.47 Å². The minimum absolute atomic E-state index is 0.0492. The molecule has 138 valence electrons. The highest BCUT2D eigenvalue weighted by Gasteiger charge is 2.40. The molecule has 26 heavy (non-hydrogen) atoms. The number of hydrogen-bond acceptors (Lipinski definition) is 4. The number of carbonyl (C=O) groups excluding carboxylic acids is 1. The van der Waals surface area contributed by atoms with Crippen molar-refractivity contribution in [3.8, 4) is 0 Å². The molecule has 0 spiro atoms. The fraction of sp³-hybridized carbons (Fsp3) is 0.571. The van der Waals surface area contributed by atoms with Gasteiger partial charge in [-0.3, -0.25) is 0 Å². The predicted octanol–water partition coefficient (Wildman–Crippen LogP) is 3.38. The lowest BCUT2D eigenvalue weighted by molar-refractivity contribution is -0.000291. The summed E-state index contributed by atoms with van der Waals surface area (Å²) >= 11 is 0. The lowest BCUT2D eigenvalue weighted by Gasteiger charge is -2.35. The molecule has 3 fully saturated rings. The van der Waals surface area contributed by atoms with Gasteiger partial charge in [0.05, 0.1) is 18.2 Å². The van der Waals surface area contributed by atoms with E-state index in [1.165, 1.54) is 12.8 Å². The van der Waals surface area contributed by atoms with Gasteiger partial charge in [-0.05, 0) is 32.4 Å². The van der Waals surface area contributed by atoms with Crippen LogP contribution in [0.2, 0.25) is 0 Å². The molecule has 0 amide bonds. The zero-order valence-electron chi connectivity index (χ0n) is 15.3. The van der Waals surface area contributed by atoms with Gasteiger partial charge >= 0.3 is 5.97 Å². The Morgan fingerprint density at radius 2 is 1.88 bits per heavy atom. The lowest BCUT2D eigenvalue weighted by atomic mass is 10.0. The van der Waals surface area contributed by atoms with Gasteiger partial charge in [0.2, 0.25) is 0 Å². The Bertz CT molecular complexity index is 810. The Hall–Kier alpha value is -1.85. The zero-order chi connectivity index (χ0) is 17.7. The van der Waals surface area contributed by atoms with Crippen molar-refractivity contribution in [2.45, 2.75) is 56.3 Å². The van der Waals surface area contributed by atoms with Crippen molar-refractivity contribution < 1.29 is 14.3 Å². The number of carbonyl (C=O) groups is 1. The summed E-state index contributed by atoms with van der Waals surface area (Å²) in [5.41, 5.74) is 1.79. The molecule has 4 atom stereocenters. The fourth-order valence-electron chi connectivity index (χ4n) is 5.08. The average Bonchev–Trinajstić information content (AvgIpc) is 3.33. The number of esters is 1. The maximum absolute atomic E-state index is 13.0. The van der Waals surface area contributed by atoms with Crippen LogP contribution in [0.3, 0.4) is 0 Å². The van der Waals surface area contributed by atoms with E-state index in [1.807, 2.05) is 24.4 Å². The van der Waals surface area contributed by atoms with E-state index >= 15 is 0 Å². The molecular weight excluding hydrogens is 328 g/mol. The van der Waals surface area contributed by atoms with Crippen LogP contribution in [0.15, 0.2) is 30.5 Å². The summed E-state index contributed by atoms with van der Waals surface area (Å²) in [6, 6.07) is 9.58. The highest BCUT2D eigenvalue weighted by atomic mass is 16.5. The van der Waals surface area contributed by atoms with E-state index in [2.05, 4.69) is 22.6 Å². The van der Waals surface area contributed by atoms with Gasteiger partial charge in [-0.2, -0.15) is 0 Å². The molecule has 1 aromatic heterocycles. The van der Waals surface area contributed by atoms with Gasteiger partial charge in [0, 0.05) is 48.6 Å². The summed E-state index contributed by atoms with van der Waals surface area (Å²) in [6.07, 6.45) is 7.42. The van der Waals surface area contributed by atoms with Gasteiger partial charge in [-0.25, -0.2) is 4.79 Å². The third-order valence-electron chi connectivity index (χ3n) is 6.59. The van der Waals surface area contributed by atoms with Crippen molar-refractivity contribution in [2.75, 3.05) is 20.3 Å². The highest BCUT2D eigenvalue weighted by Crippen LogP contribution is 2.36. The molecule has 0 saturated carbocycles. The molecule has 0 unspecified atom stereocenters. The van der Waals surface area contributed by atoms with Crippen LogP contribution in [0, 0.1) is 0 Å². The standard InChI is InChI=1S/C21H26N2O3/c1-22-14-6-7-15(22)11-17(10-14)26-21(24)19-12-23(16-8-9-25-13-16)20-5-3-2-4-18(19)20/h2-5,12,14-17H,6-11,13H2,1H3/t14-,15+,16-,17+/m0/s1. The molecule has 3 saturated heterocycles. The van der Waals surface area contributed by atoms with Gasteiger partial charge in [0.15, 0.2) is 0 Å². The minimum Gasteiger partial charge on any atom is -0.459 e. The lowest BCUT2D eigenvalue weighted by Crippen LogP contribution is -2.43. The van der Waals surface area contributed by atoms with E-state index in [4.69, 9.17) is 9.47 Å². The number of fused-ring (bicyclic) bond motifs is 3. The van der Waals surface area contributed by atoms with Crippen molar-refractivity contribution in [3.63, 3.8) is 0 Å². The summed E-state index contributed by atoms with van der Waals surface area (Å²) in [5.74, 6) is -0.173. The van der Waals surface area contributed by atoms with Gasteiger partial charge in [-0.1, -0.05) is 18.2 Å². The van der Waals surface area contributed by atoms with Crippen LogP contribution in [0.4, 0.5) is 0 Å². The molecule has 2 bridgehead atoms. The van der Waals surface area contributed by atoms with Crippen molar-refractivity contribution in [1.29, 1.82) is 0 Å². The smallest absolute Gasteiger partial charge is 0.340 e. The molecule has 5 heteroatoms. The molecule has 0 N–H and O–H groups in total. The van der Waals surface area contributed by atoms with Crippen LogP contribution in [0.5, 0.6) is 0 Å². The molecule has 3 aliphatic rings. The van der Waals surface area contributed by atoms with E-state index in [-0.39, 0.29) is 12.1 Å².